The maximum absolute atomic E-state index is 12.7. The fourth-order valence-electron chi connectivity index (χ4n) is 6.09. The van der Waals surface area contributed by atoms with E-state index in [0.717, 1.165) is 89.9 Å². The van der Waals surface area contributed by atoms with Gasteiger partial charge in [0.1, 0.15) is 13.2 Å². The molecule has 0 aromatic carbocycles. The van der Waals surface area contributed by atoms with E-state index in [1.165, 1.54) is 64.2 Å². The second kappa shape index (κ2) is 47.0. The summed E-state index contributed by atoms with van der Waals surface area (Å²) < 4.78 is 16.6. The molecule has 0 rings (SSSR count). The molecule has 1 unspecified atom stereocenters. The van der Waals surface area contributed by atoms with Crippen LogP contribution in [0.5, 0.6) is 0 Å². The van der Waals surface area contributed by atoms with Crippen LogP contribution >= 0.6 is 0 Å². The van der Waals surface area contributed by atoms with E-state index < -0.39 is 6.10 Å². The van der Waals surface area contributed by atoms with Crippen molar-refractivity contribution in [3.05, 3.63) is 97.2 Å². The standard InChI is InChI=1S/C53H86O6/c1-4-7-10-13-16-19-21-23-25-26-28-29-31-34-37-40-43-46-52(55)58-49-50(48-57-51(54)45-42-39-36-33-18-15-12-9-6-3)59-53(56)47-44-41-38-35-32-30-27-24-22-20-17-14-11-8-5-2/h8,11,14,16-17,19-20,22-25,27-29,34,37,50H,4-7,9-10,12-13,15,18,21,26,30-33,35-36,38-49H2,1-3H3/b11-8-,17-14-,19-16-,22-20-,25-23-,27-24-,29-28-,37-34-. The van der Waals surface area contributed by atoms with E-state index in [2.05, 4.69) is 93.7 Å². The summed E-state index contributed by atoms with van der Waals surface area (Å²) >= 11 is 0. The molecule has 0 aliphatic carbocycles. The number of ether oxygens (including phenoxy) is 3. The van der Waals surface area contributed by atoms with Crippen molar-refractivity contribution in [1.82, 2.24) is 0 Å². The van der Waals surface area contributed by atoms with Crippen molar-refractivity contribution in [2.75, 3.05) is 13.2 Å². The van der Waals surface area contributed by atoms with E-state index in [4.69, 9.17) is 14.2 Å². The summed E-state index contributed by atoms with van der Waals surface area (Å²) in [7, 11) is 0. The van der Waals surface area contributed by atoms with E-state index in [9.17, 15) is 14.4 Å². The predicted molar refractivity (Wildman–Crippen MR) is 251 cm³/mol. The Hall–Kier alpha value is -3.67. The number of carbonyl (C=O) groups excluding carboxylic acids is 3. The first-order valence-electron chi connectivity index (χ1n) is 23.8. The van der Waals surface area contributed by atoms with Crippen LogP contribution in [0.25, 0.3) is 0 Å². The summed E-state index contributed by atoms with van der Waals surface area (Å²) in [6.07, 6.45) is 61.1. The van der Waals surface area contributed by atoms with Gasteiger partial charge in [0, 0.05) is 19.3 Å². The molecule has 0 aliphatic rings. The van der Waals surface area contributed by atoms with Crippen molar-refractivity contribution in [2.24, 2.45) is 0 Å². The van der Waals surface area contributed by atoms with Crippen LogP contribution in [0.4, 0.5) is 0 Å². The van der Waals surface area contributed by atoms with E-state index >= 15 is 0 Å². The molecule has 0 aromatic heterocycles. The average Bonchev–Trinajstić information content (AvgIpc) is 3.23. The lowest BCUT2D eigenvalue weighted by molar-refractivity contribution is -0.167. The predicted octanol–water partition coefficient (Wildman–Crippen LogP) is 15.4. The molecule has 0 radical (unpaired) electrons. The molecule has 0 bridgehead atoms. The zero-order chi connectivity index (χ0) is 43.0. The first-order chi connectivity index (χ1) is 29.0. The number of carbonyl (C=O) groups is 3. The second-order valence-electron chi connectivity index (χ2n) is 15.4. The fourth-order valence-corrected chi connectivity index (χ4v) is 6.09. The number of unbranched alkanes of at least 4 members (excludes halogenated alkanes) is 17. The molecule has 1 atom stereocenters. The van der Waals surface area contributed by atoms with E-state index in [1.807, 2.05) is 24.3 Å². The zero-order valence-corrected chi connectivity index (χ0v) is 38.0. The first kappa shape index (κ1) is 55.3. The normalized spacial score (nSPS) is 12.9. The number of hydrogen-bond acceptors (Lipinski definition) is 6. The summed E-state index contributed by atoms with van der Waals surface area (Å²) in [5.41, 5.74) is 0. The van der Waals surface area contributed by atoms with Gasteiger partial charge in [-0.1, -0.05) is 201 Å². The Morgan fingerprint density at radius 2 is 0.746 bits per heavy atom. The average molecular weight is 819 g/mol. The van der Waals surface area contributed by atoms with Crippen LogP contribution in [0, 0.1) is 0 Å². The Balaban J connectivity index is 4.50. The highest BCUT2D eigenvalue weighted by atomic mass is 16.6. The summed E-state index contributed by atoms with van der Waals surface area (Å²) in [6, 6.07) is 0. The van der Waals surface area contributed by atoms with Gasteiger partial charge in [-0.2, -0.15) is 0 Å². The molecule has 6 heteroatoms. The monoisotopic (exact) mass is 819 g/mol. The molecule has 0 aliphatic heterocycles. The lowest BCUT2D eigenvalue weighted by Gasteiger charge is -2.18. The Labute approximate surface area is 362 Å². The maximum Gasteiger partial charge on any atom is 0.306 e. The van der Waals surface area contributed by atoms with Crippen LogP contribution in [-0.4, -0.2) is 37.2 Å². The molecule has 0 heterocycles. The lowest BCUT2D eigenvalue weighted by Crippen LogP contribution is -2.30. The van der Waals surface area contributed by atoms with Crippen LogP contribution in [0.2, 0.25) is 0 Å². The molecular weight excluding hydrogens is 733 g/mol. The molecule has 0 saturated heterocycles. The van der Waals surface area contributed by atoms with Gasteiger partial charge in [0.05, 0.1) is 0 Å². The third-order valence-corrected chi connectivity index (χ3v) is 9.67. The SMILES string of the molecule is CC\C=C/C=C\C=C/C=C\CCCCCCCC(=O)OC(COC(=O)CCC/C=C\C/C=C\C/C=C\C/C=C\CCCCC)COC(=O)CCCCCCCCCCC. The number of allylic oxidation sites excluding steroid dienone is 16. The third-order valence-electron chi connectivity index (χ3n) is 9.67. The van der Waals surface area contributed by atoms with Crippen LogP contribution in [0.15, 0.2) is 97.2 Å². The van der Waals surface area contributed by atoms with Gasteiger partial charge in [-0.25, -0.2) is 0 Å². The quantitative estimate of drug-likeness (QED) is 0.0201. The van der Waals surface area contributed by atoms with Crippen LogP contribution in [-0.2, 0) is 28.6 Å². The molecule has 59 heavy (non-hydrogen) atoms. The fraction of sp³-hybridized carbons (Fsp3) is 0.642. The smallest absolute Gasteiger partial charge is 0.306 e. The highest BCUT2D eigenvalue weighted by molar-refractivity contribution is 5.71. The van der Waals surface area contributed by atoms with E-state index in [0.29, 0.717) is 12.8 Å². The zero-order valence-electron chi connectivity index (χ0n) is 38.0. The Morgan fingerprint density at radius 3 is 1.29 bits per heavy atom. The summed E-state index contributed by atoms with van der Waals surface area (Å²) in [5.74, 6) is -0.997. The van der Waals surface area contributed by atoms with Gasteiger partial charge in [-0.3, -0.25) is 14.4 Å². The number of hydrogen-bond donors (Lipinski definition) is 0. The Morgan fingerprint density at radius 1 is 0.373 bits per heavy atom. The maximum atomic E-state index is 12.7. The molecule has 0 fully saturated rings. The molecule has 0 spiro atoms. The first-order valence-corrected chi connectivity index (χ1v) is 23.8. The molecule has 0 aromatic rings. The lowest BCUT2D eigenvalue weighted by atomic mass is 10.1. The van der Waals surface area contributed by atoms with Crippen LogP contribution < -0.4 is 0 Å². The van der Waals surface area contributed by atoms with Crippen LogP contribution in [0.3, 0.4) is 0 Å². The third kappa shape index (κ3) is 45.3. The van der Waals surface area contributed by atoms with Crippen molar-refractivity contribution in [3.63, 3.8) is 0 Å². The summed E-state index contributed by atoms with van der Waals surface area (Å²) in [6.45, 7) is 6.36. The highest BCUT2D eigenvalue weighted by Gasteiger charge is 2.19. The van der Waals surface area contributed by atoms with Gasteiger partial charge >= 0.3 is 17.9 Å². The molecule has 6 nitrogen and oxygen atoms in total. The molecule has 0 N–H and O–H groups in total. The van der Waals surface area contributed by atoms with Crippen molar-refractivity contribution in [3.8, 4) is 0 Å². The Kier molecular flexibility index (Phi) is 44.1. The Bertz CT molecular complexity index is 1220. The van der Waals surface area contributed by atoms with Crippen molar-refractivity contribution in [2.45, 2.75) is 207 Å². The van der Waals surface area contributed by atoms with Gasteiger partial charge in [-0.05, 0) is 77.0 Å². The minimum atomic E-state index is -0.809. The summed E-state index contributed by atoms with van der Waals surface area (Å²) in [4.78, 5) is 37.8. The number of esters is 3. The molecular formula is C53H86O6. The van der Waals surface area contributed by atoms with Gasteiger partial charge in [0.25, 0.3) is 0 Å². The van der Waals surface area contributed by atoms with Crippen molar-refractivity contribution in [1.29, 1.82) is 0 Å². The van der Waals surface area contributed by atoms with Crippen molar-refractivity contribution >= 4 is 17.9 Å². The summed E-state index contributed by atoms with van der Waals surface area (Å²) in [5, 5.41) is 0. The minimum Gasteiger partial charge on any atom is -0.462 e. The minimum absolute atomic E-state index is 0.105. The molecule has 0 saturated carbocycles. The van der Waals surface area contributed by atoms with Gasteiger partial charge in [0.15, 0.2) is 6.10 Å². The van der Waals surface area contributed by atoms with E-state index in [-0.39, 0.29) is 44.0 Å². The van der Waals surface area contributed by atoms with Gasteiger partial charge in [-0.15, -0.1) is 0 Å². The van der Waals surface area contributed by atoms with Gasteiger partial charge < -0.3 is 14.2 Å². The van der Waals surface area contributed by atoms with Gasteiger partial charge in [0.2, 0.25) is 0 Å². The molecule has 334 valence electrons. The van der Waals surface area contributed by atoms with E-state index in [1.54, 1.807) is 0 Å². The number of rotatable bonds is 41. The van der Waals surface area contributed by atoms with Crippen molar-refractivity contribution < 1.29 is 28.6 Å². The highest BCUT2D eigenvalue weighted by Crippen LogP contribution is 2.13. The van der Waals surface area contributed by atoms with Crippen LogP contribution in [0.1, 0.15) is 201 Å². The largest absolute Gasteiger partial charge is 0.462 e. The topological polar surface area (TPSA) is 78.9 Å². The second-order valence-corrected chi connectivity index (χ2v) is 15.4. The molecule has 0 amide bonds.